The van der Waals surface area contributed by atoms with Crippen LogP contribution in [0, 0.1) is 33.5 Å². The molecule has 2 amide bonds. The minimum Gasteiger partial charge on any atom is -0.272 e. The van der Waals surface area contributed by atoms with Crippen molar-refractivity contribution < 1.29 is 9.59 Å². The average Bonchev–Trinajstić information content (AvgIpc) is 3.30. The lowest BCUT2D eigenvalue weighted by Gasteiger charge is -2.38. The van der Waals surface area contributed by atoms with Crippen LogP contribution < -0.4 is 10.9 Å². The molecule has 0 aliphatic heterocycles. The molecule has 4 saturated carbocycles. The van der Waals surface area contributed by atoms with Crippen molar-refractivity contribution in [3.8, 4) is 0 Å². The van der Waals surface area contributed by atoms with Crippen molar-refractivity contribution >= 4 is 11.8 Å². The molecule has 0 aromatic carbocycles. The first kappa shape index (κ1) is 17.8. The van der Waals surface area contributed by atoms with Gasteiger partial charge in [0.25, 0.3) is 0 Å². The second-order valence-corrected chi connectivity index (χ2v) is 10.4. The molecule has 0 radical (unpaired) electrons. The number of nitrogens with one attached hydrogen (secondary N) is 2. The van der Waals surface area contributed by atoms with Crippen LogP contribution in [-0.2, 0) is 9.59 Å². The van der Waals surface area contributed by atoms with Gasteiger partial charge >= 0.3 is 0 Å². The Kier molecular flexibility index (Phi) is 3.44. The number of amides is 2. The molecule has 4 bridgehead atoms. The molecule has 0 aromatic heterocycles. The Morgan fingerprint density at radius 1 is 0.808 bits per heavy atom. The largest absolute Gasteiger partial charge is 0.272 e. The number of hydrogen-bond acceptors (Lipinski definition) is 2. The fourth-order valence-electron chi connectivity index (χ4n) is 6.64. The van der Waals surface area contributed by atoms with Gasteiger partial charge in [-0.15, -0.1) is 0 Å². The zero-order valence-corrected chi connectivity index (χ0v) is 16.6. The van der Waals surface area contributed by atoms with Gasteiger partial charge < -0.3 is 0 Å². The minimum absolute atomic E-state index is 0.000717. The van der Waals surface area contributed by atoms with E-state index in [1.807, 2.05) is 0 Å². The fraction of sp³-hybridized carbons (Fsp3) is 0.727. The highest BCUT2D eigenvalue weighted by molar-refractivity contribution is 5.92. The monoisotopic (exact) mass is 356 g/mol. The molecule has 0 aromatic rings. The second kappa shape index (κ2) is 5.02. The van der Waals surface area contributed by atoms with Gasteiger partial charge in [-0.25, -0.2) is 0 Å². The lowest BCUT2D eigenvalue weighted by Crippen LogP contribution is -2.53. The Bertz CT molecular complexity index is 672. The van der Waals surface area contributed by atoms with Crippen LogP contribution in [0.3, 0.4) is 0 Å². The van der Waals surface area contributed by atoms with Crippen LogP contribution in [0.25, 0.3) is 0 Å². The van der Waals surface area contributed by atoms with Gasteiger partial charge in [0.2, 0.25) is 11.8 Å². The van der Waals surface area contributed by atoms with Crippen molar-refractivity contribution in [1.82, 2.24) is 10.9 Å². The molecule has 142 valence electrons. The summed E-state index contributed by atoms with van der Waals surface area (Å²) in [5, 5.41) is 0. The van der Waals surface area contributed by atoms with Crippen LogP contribution >= 0.6 is 0 Å². The molecule has 26 heavy (non-hydrogen) atoms. The number of carbonyl (C=O) groups is 2. The van der Waals surface area contributed by atoms with Crippen LogP contribution in [0.1, 0.15) is 66.2 Å². The van der Waals surface area contributed by atoms with Gasteiger partial charge in [-0.05, 0) is 61.2 Å². The standard InChI is InChI=1S/C22H32N2O2/c1-13-19(3,4)15-7-9-21(13,11-15)17(25)23-24-18(26)22-10-8-16(12-22)20(5,6)14(22)2/h15-16H,1-2,7-12H2,3-6H3,(H,23,25)(H,24,26)/t15-,16+,21+,22-. The molecule has 0 spiro atoms. The molecule has 0 heterocycles. The maximum atomic E-state index is 13.0. The minimum atomic E-state index is -0.511. The molecular weight excluding hydrogens is 324 g/mol. The van der Waals surface area contributed by atoms with Crippen LogP contribution in [0.5, 0.6) is 0 Å². The lowest BCUT2D eigenvalue weighted by molar-refractivity contribution is -0.137. The topological polar surface area (TPSA) is 58.2 Å². The SMILES string of the molecule is C=C1C(C)(C)[C@@H]2CC[C@]1(C(=O)NNC(=O)[C@]13CC[C@@H](C1)C(C)(C)C3=C)C2. The van der Waals surface area contributed by atoms with Gasteiger partial charge in [-0.1, -0.05) is 52.0 Å². The predicted octanol–water partition coefficient (Wildman–Crippen LogP) is 3.90. The van der Waals surface area contributed by atoms with Crippen LogP contribution in [0.15, 0.2) is 24.3 Å². The van der Waals surface area contributed by atoms with E-state index in [9.17, 15) is 9.59 Å². The third-order valence-electron chi connectivity index (χ3n) is 8.94. The number of rotatable bonds is 2. The van der Waals surface area contributed by atoms with Crippen molar-refractivity contribution in [2.45, 2.75) is 66.2 Å². The Morgan fingerprint density at radius 2 is 1.15 bits per heavy atom. The number of carbonyl (C=O) groups excluding carboxylic acids is 2. The highest BCUT2D eigenvalue weighted by Crippen LogP contribution is 2.66. The van der Waals surface area contributed by atoms with E-state index >= 15 is 0 Å². The Balaban J connectivity index is 1.47. The summed E-state index contributed by atoms with van der Waals surface area (Å²) in [6.07, 6.45) is 5.51. The van der Waals surface area contributed by atoms with E-state index in [2.05, 4.69) is 51.7 Å². The molecule has 4 atom stereocenters. The maximum Gasteiger partial charge on any atom is 0.248 e. The molecule has 4 aliphatic carbocycles. The number of hydrogen-bond donors (Lipinski definition) is 2. The molecule has 4 heteroatoms. The quantitative estimate of drug-likeness (QED) is 0.582. The van der Waals surface area contributed by atoms with E-state index in [0.29, 0.717) is 11.8 Å². The van der Waals surface area contributed by atoms with Gasteiger partial charge in [-0.3, -0.25) is 20.4 Å². The average molecular weight is 357 g/mol. The summed E-state index contributed by atoms with van der Waals surface area (Å²) >= 11 is 0. The predicted molar refractivity (Wildman–Crippen MR) is 102 cm³/mol. The van der Waals surface area contributed by atoms with Crippen LogP contribution in [0.4, 0.5) is 0 Å². The zero-order valence-electron chi connectivity index (χ0n) is 16.6. The second-order valence-electron chi connectivity index (χ2n) is 10.4. The molecular formula is C22H32N2O2. The summed E-state index contributed by atoms with van der Waals surface area (Å²) < 4.78 is 0. The van der Waals surface area contributed by atoms with E-state index in [0.717, 1.165) is 49.7 Å². The molecule has 0 unspecified atom stereocenters. The van der Waals surface area contributed by atoms with Crippen LogP contribution in [-0.4, -0.2) is 11.8 Å². The number of fused-ring (bicyclic) bond motifs is 4. The van der Waals surface area contributed by atoms with E-state index in [1.165, 1.54) is 0 Å². The fourth-order valence-corrected chi connectivity index (χ4v) is 6.64. The maximum absolute atomic E-state index is 13.0. The molecule has 4 nitrogen and oxygen atoms in total. The summed E-state index contributed by atoms with van der Waals surface area (Å²) in [4.78, 5) is 26.1. The highest BCUT2D eigenvalue weighted by Gasteiger charge is 2.62. The first-order chi connectivity index (χ1) is 12.0. The highest BCUT2D eigenvalue weighted by atomic mass is 16.2. The molecule has 4 rings (SSSR count). The summed E-state index contributed by atoms with van der Waals surface area (Å²) in [7, 11) is 0. The lowest BCUT2D eigenvalue weighted by atomic mass is 9.68. The number of hydrazine groups is 1. The van der Waals surface area contributed by atoms with Crippen molar-refractivity contribution in [3.63, 3.8) is 0 Å². The van der Waals surface area contributed by atoms with Gasteiger partial charge in [0.05, 0.1) is 10.8 Å². The van der Waals surface area contributed by atoms with Crippen molar-refractivity contribution in [3.05, 3.63) is 24.3 Å². The molecule has 0 saturated heterocycles. The summed E-state index contributed by atoms with van der Waals surface area (Å²) in [5.74, 6) is 0.859. The van der Waals surface area contributed by atoms with Crippen molar-refractivity contribution in [2.75, 3.05) is 0 Å². The normalized spacial score (nSPS) is 41.5. The van der Waals surface area contributed by atoms with Gasteiger partial charge in [-0.2, -0.15) is 0 Å². The third-order valence-corrected chi connectivity index (χ3v) is 8.94. The molecule has 2 N–H and O–H groups in total. The molecule has 4 aliphatic rings. The summed E-state index contributed by atoms with van der Waals surface area (Å²) in [5.41, 5.74) is 6.58. The van der Waals surface area contributed by atoms with E-state index < -0.39 is 10.8 Å². The van der Waals surface area contributed by atoms with E-state index in [4.69, 9.17) is 0 Å². The van der Waals surface area contributed by atoms with E-state index in [1.54, 1.807) is 0 Å². The first-order valence-electron chi connectivity index (χ1n) is 9.99. The first-order valence-corrected chi connectivity index (χ1v) is 9.99. The van der Waals surface area contributed by atoms with Gasteiger partial charge in [0.15, 0.2) is 0 Å². The van der Waals surface area contributed by atoms with Crippen molar-refractivity contribution in [2.24, 2.45) is 33.5 Å². The smallest absolute Gasteiger partial charge is 0.248 e. The van der Waals surface area contributed by atoms with Crippen LogP contribution in [0.2, 0.25) is 0 Å². The zero-order chi connectivity index (χ0) is 19.1. The Labute approximate surface area is 156 Å². The summed E-state index contributed by atoms with van der Waals surface area (Å²) in [6.45, 7) is 17.3. The third kappa shape index (κ3) is 1.91. The Hall–Kier alpha value is -1.58. The van der Waals surface area contributed by atoms with E-state index in [-0.39, 0.29) is 22.6 Å². The summed E-state index contributed by atoms with van der Waals surface area (Å²) in [6, 6.07) is 0. The molecule has 4 fully saturated rings. The van der Waals surface area contributed by atoms with Crippen molar-refractivity contribution in [1.29, 1.82) is 0 Å². The van der Waals surface area contributed by atoms with Gasteiger partial charge in [0.1, 0.15) is 0 Å². The Morgan fingerprint density at radius 3 is 1.42 bits per heavy atom. The van der Waals surface area contributed by atoms with Gasteiger partial charge in [0, 0.05) is 0 Å².